The van der Waals surface area contributed by atoms with Gasteiger partial charge in [-0.15, -0.1) is 0 Å². The minimum Gasteiger partial charge on any atom is -0.494 e. The first-order valence-electron chi connectivity index (χ1n) is 65.9. The van der Waals surface area contributed by atoms with Gasteiger partial charge in [0, 0.05) is 0 Å². The van der Waals surface area contributed by atoms with E-state index in [1.54, 1.807) is 33.4 Å². The van der Waals surface area contributed by atoms with Gasteiger partial charge in [0.15, 0.2) is 0 Å². The SMILES string of the molecule is CCCCCCCCCCCCCCCOc1ccc(CCc2c(CCc3ccc(OCCCCCCCCCCCCCCC)cc3)c(CCc3ccc(OCCCCCCCCCCCCCCC)cc3)c(CCc3ccc(OCCCCCCCCCCCCCCC)cc3)c(CCc3ccc(OCCCCCCCCCCCCCCC)cc3)c2CCc2ccc(OCCCCCCCCCCCCCCC)cc2)cc1. The molecule has 6 heteroatoms. The minimum absolute atomic E-state index is 0.778. The lowest BCUT2D eigenvalue weighted by Crippen LogP contribution is -2.18. The molecule has 0 aliphatic rings. The largest absolute Gasteiger partial charge is 0.494 e. The Labute approximate surface area is 928 Å². The van der Waals surface area contributed by atoms with Gasteiger partial charge in [-0.1, -0.05) is 577 Å². The maximum absolute atomic E-state index is 6.61. The molecule has 6 nitrogen and oxygen atoms in total. The quantitative estimate of drug-likeness (QED) is 0.0354. The monoisotopic (exact) mass is 2060 g/mol. The van der Waals surface area contributed by atoms with E-state index in [9.17, 15) is 0 Å². The lowest BCUT2D eigenvalue weighted by molar-refractivity contribution is 0.304. The molecule has 7 aromatic rings. The average molecular weight is 2060 g/mol. The molecule has 0 saturated heterocycles. The summed E-state index contributed by atoms with van der Waals surface area (Å²) >= 11 is 0. The van der Waals surface area contributed by atoms with E-state index in [0.29, 0.717) is 0 Å². The summed E-state index contributed by atoms with van der Waals surface area (Å²) in [6.45, 7) is 18.6. The molecule has 0 aliphatic heterocycles. The molecule has 0 heterocycles. The van der Waals surface area contributed by atoms with Crippen LogP contribution in [0, 0.1) is 0 Å². The second-order valence-corrected chi connectivity index (χ2v) is 46.3. The lowest BCUT2D eigenvalue weighted by atomic mass is 9.76. The molecule has 0 spiro atoms. The smallest absolute Gasteiger partial charge is 0.119 e. The van der Waals surface area contributed by atoms with Crippen LogP contribution < -0.4 is 28.4 Å². The Bertz CT molecular complexity index is 3400. The molecule has 0 bridgehead atoms. The molecular formula is C144H234O6. The Morgan fingerprint density at radius 2 is 0.187 bits per heavy atom. The number of ether oxygens (including phenoxy) is 6. The molecule has 0 aliphatic carbocycles. The van der Waals surface area contributed by atoms with Crippen LogP contribution in [-0.2, 0) is 77.0 Å². The van der Waals surface area contributed by atoms with E-state index in [1.807, 2.05) is 0 Å². The van der Waals surface area contributed by atoms with Gasteiger partial charge in [0.2, 0.25) is 0 Å². The lowest BCUT2D eigenvalue weighted by Gasteiger charge is -2.28. The highest BCUT2D eigenvalue weighted by molar-refractivity contribution is 5.55. The molecule has 0 unspecified atom stereocenters. The highest BCUT2D eigenvalue weighted by Gasteiger charge is 2.26. The molecule has 0 radical (unpaired) electrons. The summed E-state index contributed by atoms with van der Waals surface area (Å²) in [6.07, 6.45) is 117. The zero-order valence-electron chi connectivity index (χ0n) is 99.2. The van der Waals surface area contributed by atoms with Crippen molar-refractivity contribution in [3.05, 3.63) is 212 Å². The van der Waals surface area contributed by atoms with Crippen molar-refractivity contribution in [1.29, 1.82) is 0 Å². The fourth-order valence-electron chi connectivity index (χ4n) is 22.9. The highest BCUT2D eigenvalue weighted by Crippen LogP contribution is 2.38. The van der Waals surface area contributed by atoms with Crippen molar-refractivity contribution in [3.63, 3.8) is 0 Å². The first-order valence-corrected chi connectivity index (χ1v) is 65.9. The van der Waals surface area contributed by atoms with E-state index >= 15 is 0 Å². The summed E-state index contributed by atoms with van der Waals surface area (Å²) in [5.41, 5.74) is 17.8. The second-order valence-electron chi connectivity index (χ2n) is 46.3. The van der Waals surface area contributed by atoms with Crippen molar-refractivity contribution in [2.45, 2.75) is 619 Å². The van der Waals surface area contributed by atoms with E-state index in [-0.39, 0.29) is 0 Å². The number of hydrogen-bond donors (Lipinski definition) is 0. The second kappa shape index (κ2) is 94.6. The van der Waals surface area contributed by atoms with Crippen molar-refractivity contribution >= 4 is 0 Å². The molecule has 0 aromatic heterocycles. The zero-order valence-corrected chi connectivity index (χ0v) is 99.2. The molecule has 7 aromatic carbocycles. The summed E-state index contributed by atoms with van der Waals surface area (Å²) in [5, 5.41) is 0. The van der Waals surface area contributed by atoms with Gasteiger partial charge >= 0.3 is 0 Å². The van der Waals surface area contributed by atoms with E-state index in [4.69, 9.17) is 28.4 Å². The first-order chi connectivity index (χ1) is 74.4. The van der Waals surface area contributed by atoms with Crippen molar-refractivity contribution in [1.82, 2.24) is 0 Å². The molecule has 0 N–H and O–H groups in total. The van der Waals surface area contributed by atoms with Crippen LogP contribution in [0.25, 0.3) is 0 Å². The van der Waals surface area contributed by atoms with Crippen molar-refractivity contribution in [3.8, 4) is 34.5 Å². The molecule has 846 valence electrons. The van der Waals surface area contributed by atoms with Crippen LogP contribution in [0.2, 0.25) is 0 Å². The van der Waals surface area contributed by atoms with Gasteiger partial charge in [-0.2, -0.15) is 0 Å². The third-order valence-corrected chi connectivity index (χ3v) is 32.8. The Morgan fingerprint density at radius 3 is 0.280 bits per heavy atom. The number of unbranched alkanes of at least 4 members (excludes halogenated alkanes) is 72. The van der Waals surface area contributed by atoms with Crippen LogP contribution in [0.15, 0.2) is 146 Å². The summed E-state index contributed by atoms with van der Waals surface area (Å²) in [5.74, 6) is 5.98. The first kappa shape index (κ1) is 130. The van der Waals surface area contributed by atoms with Crippen LogP contribution in [0.3, 0.4) is 0 Å². The molecule has 150 heavy (non-hydrogen) atoms. The highest BCUT2D eigenvalue weighted by atomic mass is 16.5. The fourth-order valence-corrected chi connectivity index (χ4v) is 22.9. The van der Waals surface area contributed by atoms with Crippen molar-refractivity contribution in [2.24, 2.45) is 0 Å². The Morgan fingerprint density at radius 1 is 0.100 bits per heavy atom. The summed E-state index contributed by atoms with van der Waals surface area (Å²) in [6, 6.07) is 56.2. The Kier molecular flexibility index (Phi) is 82.2. The maximum atomic E-state index is 6.61. The molecule has 7 rings (SSSR count). The van der Waals surface area contributed by atoms with Gasteiger partial charge in [0.1, 0.15) is 34.5 Å². The van der Waals surface area contributed by atoms with Gasteiger partial charge in [0.25, 0.3) is 0 Å². The van der Waals surface area contributed by atoms with Crippen molar-refractivity contribution < 1.29 is 28.4 Å². The van der Waals surface area contributed by atoms with Crippen LogP contribution in [0.5, 0.6) is 34.5 Å². The van der Waals surface area contributed by atoms with Gasteiger partial charge in [-0.3, -0.25) is 0 Å². The van der Waals surface area contributed by atoms with Gasteiger partial charge in [0.05, 0.1) is 39.6 Å². The van der Waals surface area contributed by atoms with E-state index in [0.717, 1.165) is 190 Å². The van der Waals surface area contributed by atoms with Crippen LogP contribution in [-0.4, -0.2) is 39.6 Å². The third kappa shape index (κ3) is 67.3. The molecule has 0 atom stereocenters. The number of rotatable bonds is 108. The fraction of sp³-hybridized carbons (Fsp3) is 0.708. The van der Waals surface area contributed by atoms with Gasteiger partial charge < -0.3 is 28.4 Å². The van der Waals surface area contributed by atoms with Gasteiger partial charge in [-0.25, -0.2) is 0 Å². The van der Waals surface area contributed by atoms with Crippen LogP contribution in [0.1, 0.15) is 609 Å². The van der Waals surface area contributed by atoms with Crippen molar-refractivity contribution in [2.75, 3.05) is 39.6 Å². The normalized spacial score (nSPS) is 11.6. The zero-order chi connectivity index (χ0) is 105. The summed E-state index contributed by atoms with van der Waals surface area (Å²) in [7, 11) is 0. The predicted molar refractivity (Wildman–Crippen MR) is 657 cm³/mol. The van der Waals surface area contributed by atoms with E-state index in [1.165, 1.54) is 496 Å². The average Bonchev–Trinajstić information content (AvgIpc) is 0.759. The molecule has 0 saturated carbocycles. The Balaban J connectivity index is 1.23. The van der Waals surface area contributed by atoms with E-state index < -0.39 is 0 Å². The Hall–Kier alpha value is -6.66. The molecule has 0 amide bonds. The van der Waals surface area contributed by atoms with Gasteiger partial charge in [-0.05, 0) is 255 Å². The summed E-state index contributed by atoms with van der Waals surface area (Å²) in [4.78, 5) is 0. The topological polar surface area (TPSA) is 55.4 Å². The molecular weight excluding hydrogens is 1830 g/mol. The molecule has 0 fully saturated rings. The number of aryl methyl sites for hydroxylation is 6. The number of benzene rings is 7. The maximum Gasteiger partial charge on any atom is 0.119 e. The minimum atomic E-state index is 0.778. The number of hydrogen-bond acceptors (Lipinski definition) is 6. The standard InChI is InChI=1S/C144H234O6/c1-7-13-19-25-31-37-43-49-55-61-67-73-79-121-145-133-103-85-127(86-104-133)97-115-139-140(116-98-128-87-105-134(106-88-128)146-122-80-74-68-62-56-50-44-38-32-26-20-14-8-2)142(118-100-130-91-109-136(110-92-130)148-124-82-76-70-64-58-52-46-40-34-28-22-16-10-4)144(120-102-132-95-113-138(114-96-132)150-126-84-78-72-66-60-54-48-42-36-30-24-18-12-6)143(119-101-131-93-111-137(112-94-131)149-125-83-77-71-65-59-53-47-41-35-29-23-17-11-5)141(139)117-99-129-89-107-135(108-90-129)147-123-81-75-69-63-57-51-45-39-33-27-21-15-9-3/h85-96,103-114H,7-84,97-102,115-126H2,1-6H3. The summed E-state index contributed by atoms with van der Waals surface area (Å²) < 4.78 is 39.7. The van der Waals surface area contributed by atoms with E-state index in [2.05, 4.69) is 187 Å². The van der Waals surface area contributed by atoms with Crippen LogP contribution in [0.4, 0.5) is 0 Å². The third-order valence-electron chi connectivity index (χ3n) is 32.8. The van der Waals surface area contributed by atoms with Crippen LogP contribution >= 0.6 is 0 Å². The predicted octanol–water partition coefficient (Wildman–Crippen LogP) is 45.2.